The van der Waals surface area contributed by atoms with E-state index >= 15 is 0 Å². The molecule has 12 nitrogen and oxygen atoms in total. The number of nitro groups is 1. The van der Waals surface area contributed by atoms with Crippen molar-refractivity contribution in [1.29, 1.82) is 0 Å². The van der Waals surface area contributed by atoms with Crippen molar-refractivity contribution < 1.29 is 37.1 Å². The van der Waals surface area contributed by atoms with E-state index in [1.807, 2.05) is 0 Å². The van der Waals surface area contributed by atoms with Gasteiger partial charge in [0.15, 0.2) is 12.4 Å². The van der Waals surface area contributed by atoms with E-state index in [0.29, 0.717) is 13.2 Å². The zero-order valence-electron chi connectivity index (χ0n) is 17.6. The number of rotatable bonds is 8. The number of hydrogen-bond donors (Lipinski definition) is 1. The van der Waals surface area contributed by atoms with Gasteiger partial charge in [-0.15, -0.1) is 0 Å². The second-order valence-electron chi connectivity index (χ2n) is 6.81. The maximum Gasteiger partial charge on any atom is 0.338 e. The molecular formula is C20H21N3O9S. The first-order chi connectivity index (χ1) is 15.7. The molecule has 0 unspecified atom stereocenters. The van der Waals surface area contributed by atoms with Crippen LogP contribution in [0.2, 0.25) is 0 Å². The summed E-state index contributed by atoms with van der Waals surface area (Å²) in [6.07, 6.45) is 0. The SMILES string of the molecule is COc1ccc(C(=O)OCC(=O)Nc2cccc(S(=O)(=O)N3CCOCC3)c2)cc1[N+](=O)[O-]. The number of carbonyl (C=O) groups excluding carboxylic acids is 2. The van der Waals surface area contributed by atoms with E-state index in [9.17, 15) is 28.1 Å². The second kappa shape index (κ2) is 10.4. The number of sulfonamides is 1. The zero-order valence-corrected chi connectivity index (χ0v) is 18.4. The summed E-state index contributed by atoms with van der Waals surface area (Å²) in [5.41, 5.74) is -0.353. The van der Waals surface area contributed by atoms with Gasteiger partial charge < -0.3 is 19.5 Å². The number of ether oxygens (including phenoxy) is 3. The molecule has 1 saturated heterocycles. The molecule has 1 aliphatic heterocycles. The van der Waals surface area contributed by atoms with Crippen molar-refractivity contribution in [2.75, 3.05) is 45.3 Å². The van der Waals surface area contributed by atoms with Crippen LogP contribution < -0.4 is 10.1 Å². The van der Waals surface area contributed by atoms with Crippen molar-refractivity contribution in [2.45, 2.75) is 4.90 Å². The summed E-state index contributed by atoms with van der Waals surface area (Å²) in [6.45, 7) is 0.395. The Morgan fingerprint density at radius 3 is 2.58 bits per heavy atom. The van der Waals surface area contributed by atoms with Gasteiger partial charge in [0.25, 0.3) is 5.91 Å². The fourth-order valence-electron chi connectivity index (χ4n) is 3.04. The summed E-state index contributed by atoms with van der Waals surface area (Å²) in [5.74, 6) is -1.69. The molecule has 0 spiro atoms. The van der Waals surface area contributed by atoms with Gasteiger partial charge in [0.1, 0.15) is 0 Å². The Hall–Kier alpha value is -3.55. The lowest BCUT2D eigenvalue weighted by molar-refractivity contribution is -0.385. The highest BCUT2D eigenvalue weighted by atomic mass is 32.2. The van der Waals surface area contributed by atoms with Gasteiger partial charge in [-0.1, -0.05) is 6.07 Å². The summed E-state index contributed by atoms with van der Waals surface area (Å²) < 4.78 is 41.7. The summed E-state index contributed by atoms with van der Waals surface area (Å²) in [4.78, 5) is 34.7. The van der Waals surface area contributed by atoms with Crippen LogP contribution in [0.3, 0.4) is 0 Å². The molecule has 33 heavy (non-hydrogen) atoms. The largest absolute Gasteiger partial charge is 0.490 e. The third-order valence-electron chi connectivity index (χ3n) is 4.67. The summed E-state index contributed by atoms with van der Waals surface area (Å²) in [5, 5.41) is 13.5. The molecule has 1 N–H and O–H groups in total. The van der Waals surface area contributed by atoms with Gasteiger partial charge in [0.05, 0.1) is 35.7 Å². The lowest BCUT2D eigenvalue weighted by Crippen LogP contribution is -2.40. The van der Waals surface area contributed by atoms with Crippen molar-refractivity contribution in [1.82, 2.24) is 4.31 Å². The van der Waals surface area contributed by atoms with Gasteiger partial charge in [-0.2, -0.15) is 4.31 Å². The minimum absolute atomic E-state index is 0.00439. The zero-order chi connectivity index (χ0) is 24.0. The van der Waals surface area contributed by atoms with Crippen LogP contribution in [0.25, 0.3) is 0 Å². The summed E-state index contributed by atoms with van der Waals surface area (Å²) in [7, 11) is -2.49. The highest BCUT2D eigenvalue weighted by Gasteiger charge is 2.26. The molecule has 0 aliphatic carbocycles. The van der Waals surface area contributed by atoms with Gasteiger partial charge >= 0.3 is 11.7 Å². The van der Waals surface area contributed by atoms with Crippen LogP contribution in [0, 0.1) is 10.1 Å². The fourth-order valence-corrected chi connectivity index (χ4v) is 4.50. The molecule has 13 heteroatoms. The number of amides is 1. The highest BCUT2D eigenvalue weighted by Crippen LogP contribution is 2.27. The molecule has 1 aliphatic rings. The third kappa shape index (κ3) is 5.83. The maximum atomic E-state index is 12.7. The van der Waals surface area contributed by atoms with Gasteiger partial charge in [0.2, 0.25) is 10.0 Å². The molecule has 0 atom stereocenters. The fraction of sp³-hybridized carbons (Fsp3) is 0.300. The van der Waals surface area contributed by atoms with Crippen molar-refractivity contribution in [3.8, 4) is 5.75 Å². The quantitative estimate of drug-likeness (QED) is 0.336. The molecule has 2 aromatic carbocycles. The van der Waals surface area contributed by atoms with Crippen molar-refractivity contribution in [2.24, 2.45) is 0 Å². The Balaban J connectivity index is 1.62. The molecular weight excluding hydrogens is 458 g/mol. The average molecular weight is 479 g/mol. The summed E-state index contributed by atoms with van der Waals surface area (Å²) in [6, 6.07) is 9.19. The lowest BCUT2D eigenvalue weighted by Gasteiger charge is -2.26. The third-order valence-corrected chi connectivity index (χ3v) is 6.57. The molecule has 0 bridgehead atoms. The number of nitrogens with one attached hydrogen (secondary N) is 1. The standard InChI is InChI=1S/C20H21N3O9S/c1-30-18-6-5-14(11-17(18)23(26)27)20(25)32-13-19(24)21-15-3-2-4-16(12-15)33(28,29)22-7-9-31-10-8-22/h2-6,11-12H,7-10,13H2,1H3,(H,21,24). The van der Waals surface area contributed by atoms with Gasteiger partial charge in [-0.25, -0.2) is 13.2 Å². The summed E-state index contributed by atoms with van der Waals surface area (Å²) >= 11 is 0. The maximum absolute atomic E-state index is 12.7. The van der Waals surface area contributed by atoms with Crippen LogP contribution in [0.1, 0.15) is 10.4 Å². The Morgan fingerprint density at radius 2 is 1.91 bits per heavy atom. The van der Waals surface area contributed by atoms with E-state index in [1.54, 1.807) is 0 Å². The van der Waals surface area contributed by atoms with Crippen LogP contribution >= 0.6 is 0 Å². The van der Waals surface area contributed by atoms with Crippen molar-refractivity contribution in [3.05, 3.63) is 58.1 Å². The first-order valence-electron chi connectivity index (χ1n) is 9.69. The Kier molecular flexibility index (Phi) is 7.58. The normalized spacial score (nSPS) is 14.3. The molecule has 1 amide bonds. The van der Waals surface area contributed by atoms with Crippen molar-refractivity contribution in [3.63, 3.8) is 0 Å². The van der Waals surface area contributed by atoms with E-state index in [2.05, 4.69) is 5.32 Å². The van der Waals surface area contributed by atoms with Crippen LogP contribution in [0.5, 0.6) is 5.75 Å². The number of esters is 1. The highest BCUT2D eigenvalue weighted by molar-refractivity contribution is 7.89. The number of nitrogens with zero attached hydrogens (tertiary/aromatic N) is 2. The number of nitro benzene ring substituents is 1. The minimum Gasteiger partial charge on any atom is -0.490 e. The average Bonchev–Trinajstić information content (AvgIpc) is 2.82. The van der Waals surface area contributed by atoms with Crippen molar-refractivity contribution >= 4 is 33.3 Å². The molecule has 1 fully saturated rings. The Labute approximate surface area is 189 Å². The van der Waals surface area contributed by atoms with E-state index in [0.717, 1.165) is 6.07 Å². The second-order valence-corrected chi connectivity index (χ2v) is 8.75. The first kappa shape index (κ1) is 24.1. The topological polar surface area (TPSA) is 154 Å². The number of hydrogen-bond acceptors (Lipinski definition) is 9. The number of methoxy groups -OCH3 is 1. The number of morpholine rings is 1. The molecule has 0 aromatic heterocycles. The molecule has 0 radical (unpaired) electrons. The number of benzene rings is 2. The number of anilines is 1. The van der Waals surface area contributed by atoms with Crippen LogP contribution in [0.4, 0.5) is 11.4 Å². The monoisotopic (exact) mass is 479 g/mol. The molecule has 1 heterocycles. The van der Waals surface area contributed by atoms with Gasteiger partial charge in [-0.05, 0) is 30.3 Å². The van der Waals surface area contributed by atoms with E-state index in [-0.39, 0.29) is 35.0 Å². The van der Waals surface area contributed by atoms with Gasteiger partial charge in [0, 0.05) is 24.8 Å². The Bertz CT molecular complexity index is 1160. The predicted molar refractivity (Wildman–Crippen MR) is 115 cm³/mol. The van der Waals surface area contributed by atoms with Crippen LogP contribution in [0.15, 0.2) is 47.4 Å². The van der Waals surface area contributed by atoms with Gasteiger partial charge in [-0.3, -0.25) is 14.9 Å². The smallest absolute Gasteiger partial charge is 0.338 e. The van der Waals surface area contributed by atoms with E-state index < -0.39 is 39.1 Å². The lowest BCUT2D eigenvalue weighted by atomic mass is 10.2. The molecule has 0 saturated carbocycles. The number of carbonyl (C=O) groups is 2. The molecule has 3 rings (SSSR count). The molecule has 2 aromatic rings. The first-order valence-corrected chi connectivity index (χ1v) is 11.1. The predicted octanol–water partition coefficient (Wildman–Crippen LogP) is 1.42. The van der Waals surface area contributed by atoms with Crippen LogP contribution in [-0.2, 0) is 24.3 Å². The Morgan fingerprint density at radius 1 is 1.18 bits per heavy atom. The van der Waals surface area contributed by atoms with Crippen LogP contribution in [-0.4, -0.2) is 69.5 Å². The van der Waals surface area contributed by atoms with E-state index in [1.165, 1.54) is 47.8 Å². The molecule has 176 valence electrons. The van der Waals surface area contributed by atoms with E-state index in [4.69, 9.17) is 14.2 Å². The minimum atomic E-state index is -3.75.